The molecule has 2 N–H and O–H groups in total. The van der Waals surface area contributed by atoms with E-state index in [0.717, 1.165) is 57.9 Å². The summed E-state index contributed by atoms with van der Waals surface area (Å²) in [5, 5.41) is 6.50. The van der Waals surface area contributed by atoms with Crippen molar-refractivity contribution in [2.45, 2.75) is 58.7 Å². The highest BCUT2D eigenvalue weighted by atomic mass is 16.2. The van der Waals surface area contributed by atoms with Gasteiger partial charge in [0, 0.05) is 57.2 Å². The monoisotopic (exact) mass is 436 g/mol. The van der Waals surface area contributed by atoms with Gasteiger partial charge in [0.2, 0.25) is 5.95 Å². The van der Waals surface area contributed by atoms with Crippen LogP contribution in [0.4, 0.5) is 10.7 Å². The lowest BCUT2D eigenvalue weighted by Crippen LogP contribution is -2.56. The first-order chi connectivity index (χ1) is 15.4. The summed E-state index contributed by atoms with van der Waals surface area (Å²) in [6.45, 7) is 11.2. The summed E-state index contributed by atoms with van der Waals surface area (Å²) in [5.41, 5.74) is 2.83. The second-order valence-electron chi connectivity index (χ2n) is 10.1. The number of carbonyl (C=O) groups is 1. The highest BCUT2D eigenvalue weighted by Gasteiger charge is 2.30. The minimum absolute atomic E-state index is 0.0255. The minimum atomic E-state index is -0.0586. The topological polar surface area (TPSA) is 73.4 Å². The Balaban J connectivity index is 1.28. The van der Waals surface area contributed by atoms with Gasteiger partial charge in [0.05, 0.1) is 0 Å². The third kappa shape index (κ3) is 5.76. The molecule has 0 spiro atoms. The van der Waals surface area contributed by atoms with E-state index in [4.69, 9.17) is 0 Å². The number of nitrogens with one attached hydrogen (secondary N) is 2. The number of piperidine rings is 1. The Morgan fingerprint density at radius 2 is 1.75 bits per heavy atom. The molecule has 2 amide bonds. The lowest BCUT2D eigenvalue weighted by atomic mass is 9.86. The van der Waals surface area contributed by atoms with E-state index >= 15 is 0 Å². The number of urea groups is 1. The Bertz CT molecular complexity index is 889. The van der Waals surface area contributed by atoms with Crippen molar-refractivity contribution in [1.29, 1.82) is 0 Å². The van der Waals surface area contributed by atoms with Gasteiger partial charge in [-0.15, -0.1) is 0 Å². The van der Waals surface area contributed by atoms with Gasteiger partial charge in [-0.25, -0.2) is 14.8 Å². The molecule has 1 aromatic carbocycles. The molecule has 7 nitrogen and oxygen atoms in total. The van der Waals surface area contributed by atoms with Crippen molar-refractivity contribution >= 4 is 12.0 Å². The van der Waals surface area contributed by atoms with Gasteiger partial charge in [-0.1, -0.05) is 45.0 Å². The Morgan fingerprint density at radius 3 is 2.44 bits per heavy atom. The molecule has 0 saturated carbocycles. The predicted octanol–water partition coefficient (Wildman–Crippen LogP) is 3.22. The smallest absolute Gasteiger partial charge is 0.315 e. The van der Waals surface area contributed by atoms with Crippen LogP contribution in [-0.2, 0) is 13.0 Å². The molecule has 2 aromatic rings. The zero-order valence-corrected chi connectivity index (χ0v) is 19.6. The van der Waals surface area contributed by atoms with Gasteiger partial charge in [0.1, 0.15) is 0 Å². The molecular weight excluding hydrogens is 400 g/mol. The van der Waals surface area contributed by atoms with E-state index in [0.29, 0.717) is 0 Å². The molecule has 2 aliphatic heterocycles. The van der Waals surface area contributed by atoms with Crippen LogP contribution in [0.25, 0.3) is 0 Å². The number of anilines is 1. The number of amides is 2. The van der Waals surface area contributed by atoms with Crippen LogP contribution >= 0.6 is 0 Å². The normalized spacial score (nSPS) is 18.7. The zero-order chi connectivity index (χ0) is 22.6. The van der Waals surface area contributed by atoms with Crippen molar-refractivity contribution < 1.29 is 4.79 Å². The van der Waals surface area contributed by atoms with E-state index in [-0.39, 0.29) is 23.5 Å². The van der Waals surface area contributed by atoms with E-state index in [1.807, 2.05) is 6.07 Å². The minimum Gasteiger partial charge on any atom is -0.341 e. The second-order valence-corrected chi connectivity index (χ2v) is 10.1. The van der Waals surface area contributed by atoms with Crippen molar-refractivity contribution in [3.63, 3.8) is 0 Å². The van der Waals surface area contributed by atoms with E-state index in [2.05, 4.69) is 75.4 Å². The SMILES string of the molecule is CC(C)(C)[C@H](CN1CCc2ccccc2C1)NC(=O)NC1CCN(c2ncccn2)CC1. The lowest BCUT2D eigenvalue weighted by Gasteiger charge is -2.38. The number of rotatable bonds is 5. The molecule has 0 radical (unpaired) electrons. The van der Waals surface area contributed by atoms with Crippen LogP contribution in [0.3, 0.4) is 0 Å². The Hall–Kier alpha value is -2.67. The molecule has 1 aromatic heterocycles. The van der Waals surface area contributed by atoms with Crippen LogP contribution in [0.1, 0.15) is 44.7 Å². The molecule has 1 atom stereocenters. The molecule has 4 rings (SSSR count). The standard InChI is InChI=1S/C25H36N6O/c1-25(2,3)22(18-30-14-9-19-7-4-5-8-20(19)17-30)29-24(32)28-21-10-15-31(16-11-21)23-26-12-6-13-27-23/h4-8,12-13,21-22H,9-11,14-18H2,1-3H3,(H2,28,29,32)/t22-/m0/s1. The molecule has 1 fully saturated rings. The Morgan fingerprint density at radius 1 is 1.06 bits per heavy atom. The van der Waals surface area contributed by atoms with Crippen LogP contribution in [0.5, 0.6) is 0 Å². The number of fused-ring (bicyclic) bond motifs is 1. The third-order valence-electron chi connectivity index (χ3n) is 6.67. The van der Waals surface area contributed by atoms with Crippen molar-refractivity contribution in [2.24, 2.45) is 5.41 Å². The largest absolute Gasteiger partial charge is 0.341 e. The molecule has 3 heterocycles. The average molecular weight is 437 g/mol. The van der Waals surface area contributed by atoms with E-state index in [1.165, 1.54) is 11.1 Å². The fourth-order valence-electron chi connectivity index (χ4n) is 4.57. The summed E-state index contributed by atoms with van der Waals surface area (Å²) < 4.78 is 0. The summed E-state index contributed by atoms with van der Waals surface area (Å²) in [7, 11) is 0. The summed E-state index contributed by atoms with van der Waals surface area (Å²) in [4.78, 5) is 26.2. The highest BCUT2D eigenvalue weighted by Crippen LogP contribution is 2.24. The fraction of sp³-hybridized carbons (Fsp3) is 0.560. The molecule has 32 heavy (non-hydrogen) atoms. The number of nitrogens with zero attached hydrogens (tertiary/aromatic N) is 4. The van der Waals surface area contributed by atoms with Crippen molar-refractivity contribution in [2.75, 3.05) is 31.1 Å². The molecule has 1 saturated heterocycles. The average Bonchev–Trinajstić information content (AvgIpc) is 2.79. The Kier molecular flexibility index (Phi) is 6.94. The second kappa shape index (κ2) is 9.86. The van der Waals surface area contributed by atoms with Crippen LogP contribution in [0.2, 0.25) is 0 Å². The van der Waals surface area contributed by atoms with Crippen LogP contribution in [0.15, 0.2) is 42.7 Å². The van der Waals surface area contributed by atoms with E-state index in [1.54, 1.807) is 12.4 Å². The first-order valence-corrected chi connectivity index (χ1v) is 11.8. The van der Waals surface area contributed by atoms with Gasteiger partial charge >= 0.3 is 6.03 Å². The quantitative estimate of drug-likeness (QED) is 0.753. The molecule has 0 bridgehead atoms. The third-order valence-corrected chi connectivity index (χ3v) is 6.67. The van der Waals surface area contributed by atoms with Gasteiger partial charge in [-0.2, -0.15) is 0 Å². The maximum Gasteiger partial charge on any atom is 0.315 e. The van der Waals surface area contributed by atoms with Gasteiger partial charge < -0.3 is 15.5 Å². The van der Waals surface area contributed by atoms with Crippen LogP contribution < -0.4 is 15.5 Å². The summed E-state index contributed by atoms with van der Waals surface area (Å²) >= 11 is 0. The summed E-state index contributed by atoms with van der Waals surface area (Å²) in [5.74, 6) is 0.770. The summed E-state index contributed by atoms with van der Waals surface area (Å²) in [6.07, 6.45) is 6.41. The predicted molar refractivity (Wildman–Crippen MR) is 128 cm³/mol. The van der Waals surface area contributed by atoms with Crippen LogP contribution in [-0.4, -0.2) is 59.2 Å². The first-order valence-electron chi connectivity index (χ1n) is 11.8. The molecule has 172 valence electrons. The number of hydrogen-bond donors (Lipinski definition) is 2. The molecule has 0 aliphatic carbocycles. The molecular formula is C25H36N6O. The molecule has 0 unspecified atom stereocenters. The molecule has 2 aliphatic rings. The molecule has 7 heteroatoms. The number of hydrogen-bond acceptors (Lipinski definition) is 5. The zero-order valence-electron chi connectivity index (χ0n) is 19.6. The lowest BCUT2D eigenvalue weighted by molar-refractivity contribution is 0.160. The maximum absolute atomic E-state index is 12.9. The van der Waals surface area contributed by atoms with Gasteiger partial charge in [0.25, 0.3) is 0 Å². The first kappa shape index (κ1) is 22.5. The van der Waals surface area contributed by atoms with Crippen molar-refractivity contribution in [3.8, 4) is 0 Å². The highest BCUT2D eigenvalue weighted by molar-refractivity contribution is 5.74. The number of aromatic nitrogens is 2. The van der Waals surface area contributed by atoms with Gasteiger partial charge in [0.15, 0.2) is 0 Å². The van der Waals surface area contributed by atoms with E-state index in [9.17, 15) is 4.79 Å². The number of carbonyl (C=O) groups excluding carboxylic acids is 1. The van der Waals surface area contributed by atoms with E-state index < -0.39 is 0 Å². The van der Waals surface area contributed by atoms with Crippen molar-refractivity contribution in [3.05, 3.63) is 53.9 Å². The van der Waals surface area contributed by atoms with Gasteiger partial charge in [-0.3, -0.25) is 4.90 Å². The van der Waals surface area contributed by atoms with Crippen LogP contribution in [0, 0.1) is 5.41 Å². The van der Waals surface area contributed by atoms with Crippen molar-refractivity contribution in [1.82, 2.24) is 25.5 Å². The maximum atomic E-state index is 12.9. The number of benzene rings is 1. The summed E-state index contributed by atoms with van der Waals surface area (Å²) in [6, 6.07) is 10.7. The Labute approximate surface area is 191 Å². The fourth-order valence-corrected chi connectivity index (χ4v) is 4.57. The van der Waals surface area contributed by atoms with Gasteiger partial charge in [-0.05, 0) is 41.9 Å².